The van der Waals surface area contributed by atoms with Gasteiger partial charge < -0.3 is 14.6 Å². The van der Waals surface area contributed by atoms with Crippen LogP contribution in [0.15, 0.2) is 24.4 Å². The molecule has 6 heteroatoms. The molecule has 0 unspecified atom stereocenters. The van der Waals surface area contributed by atoms with Crippen molar-refractivity contribution in [2.75, 3.05) is 13.1 Å². The number of carbonyl (C=O) groups excluding carboxylic acids is 1. The first-order valence-electron chi connectivity index (χ1n) is 7.28. The highest BCUT2D eigenvalue weighted by atomic mass is 35.5. The molecule has 0 aromatic carbocycles. The Morgan fingerprint density at radius 2 is 2.33 bits per heavy atom. The summed E-state index contributed by atoms with van der Waals surface area (Å²) in [6.45, 7) is 4.34. The quantitative estimate of drug-likeness (QED) is 0.920. The fourth-order valence-corrected chi connectivity index (χ4v) is 2.98. The molecule has 0 aliphatic carbocycles. The number of aromatic nitrogens is 2. The molecule has 1 fully saturated rings. The Morgan fingerprint density at radius 3 is 3.10 bits per heavy atom. The minimum absolute atomic E-state index is 0.220. The number of fused-ring (bicyclic) bond motifs is 1. The summed E-state index contributed by atoms with van der Waals surface area (Å²) < 4.78 is 1.99. The number of imidazole rings is 1. The highest BCUT2D eigenvalue weighted by molar-refractivity contribution is 6.30. The lowest BCUT2D eigenvalue weighted by atomic mass is 10.3. The normalized spacial score (nSPS) is 16.9. The van der Waals surface area contributed by atoms with Crippen molar-refractivity contribution in [2.24, 2.45) is 0 Å². The number of amides is 1. The second kappa shape index (κ2) is 6.03. The molecule has 2 aromatic heterocycles. The van der Waals surface area contributed by atoms with Gasteiger partial charge >= 0.3 is 0 Å². The third-order valence-corrected chi connectivity index (χ3v) is 4.17. The molecule has 0 radical (unpaired) electrons. The third kappa shape index (κ3) is 3.04. The zero-order valence-electron chi connectivity index (χ0n) is 12.1. The SMILES string of the molecule is C[C@@H](CN1CCCC1=O)NCc1c(Cl)nc2ccccn12. The van der Waals surface area contributed by atoms with Crippen molar-refractivity contribution in [1.29, 1.82) is 0 Å². The van der Waals surface area contributed by atoms with Gasteiger partial charge in [-0.1, -0.05) is 17.7 Å². The van der Waals surface area contributed by atoms with Crippen LogP contribution in [-0.4, -0.2) is 39.3 Å². The molecule has 0 bridgehead atoms. The molecule has 3 rings (SSSR count). The van der Waals surface area contributed by atoms with Crippen molar-refractivity contribution in [1.82, 2.24) is 19.6 Å². The number of halogens is 1. The lowest BCUT2D eigenvalue weighted by Gasteiger charge is -2.21. The first-order valence-corrected chi connectivity index (χ1v) is 7.65. The molecular formula is C15H19ClN4O. The van der Waals surface area contributed by atoms with Gasteiger partial charge in [0.15, 0.2) is 5.15 Å². The van der Waals surface area contributed by atoms with E-state index in [0.29, 0.717) is 18.1 Å². The molecule has 0 saturated carbocycles. The van der Waals surface area contributed by atoms with Crippen LogP contribution in [0.3, 0.4) is 0 Å². The Kier molecular flexibility index (Phi) is 4.12. The van der Waals surface area contributed by atoms with Gasteiger partial charge in [0.05, 0.1) is 5.69 Å². The van der Waals surface area contributed by atoms with Crippen LogP contribution in [0.25, 0.3) is 5.65 Å². The molecule has 112 valence electrons. The number of rotatable bonds is 5. The van der Waals surface area contributed by atoms with Gasteiger partial charge in [0.2, 0.25) is 5.91 Å². The van der Waals surface area contributed by atoms with Gasteiger partial charge in [-0.3, -0.25) is 4.79 Å². The largest absolute Gasteiger partial charge is 0.341 e. The molecule has 1 amide bonds. The minimum Gasteiger partial charge on any atom is -0.341 e. The predicted molar refractivity (Wildman–Crippen MR) is 82.3 cm³/mol. The average Bonchev–Trinajstić information content (AvgIpc) is 3.00. The number of nitrogens with zero attached hydrogens (tertiary/aromatic N) is 3. The van der Waals surface area contributed by atoms with E-state index in [1.807, 2.05) is 33.7 Å². The lowest BCUT2D eigenvalue weighted by molar-refractivity contribution is -0.127. The molecule has 1 N–H and O–H groups in total. The monoisotopic (exact) mass is 306 g/mol. The van der Waals surface area contributed by atoms with Crippen LogP contribution >= 0.6 is 11.6 Å². The molecule has 21 heavy (non-hydrogen) atoms. The Bertz CT molecular complexity index is 654. The Balaban J connectivity index is 1.63. The molecule has 3 heterocycles. The van der Waals surface area contributed by atoms with Gasteiger partial charge in [0, 0.05) is 38.3 Å². The second-order valence-electron chi connectivity index (χ2n) is 5.50. The van der Waals surface area contributed by atoms with Crippen molar-refractivity contribution in [3.05, 3.63) is 35.2 Å². The van der Waals surface area contributed by atoms with E-state index in [-0.39, 0.29) is 11.9 Å². The van der Waals surface area contributed by atoms with Crippen LogP contribution in [-0.2, 0) is 11.3 Å². The Hall–Kier alpha value is -1.59. The lowest BCUT2D eigenvalue weighted by Crippen LogP contribution is -2.39. The molecule has 1 saturated heterocycles. The van der Waals surface area contributed by atoms with Gasteiger partial charge in [0.1, 0.15) is 5.65 Å². The van der Waals surface area contributed by atoms with E-state index in [4.69, 9.17) is 11.6 Å². The zero-order valence-corrected chi connectivity index (χ0v) is 12.8. The second-order valence-corrected chi connectivity index (χ2v) is 5.86. The van der Waals surface area contributed by atoms with Crippen LogP contribution in [0.4, 0.5) is 0 Å². The number of pyridine rings is 1. The van der Waals surface area contributed by atoms with Crippen molar-refractivity contribution >= 4 is 23.2 Å². The summed E-state index contributed by atoms with van der Waals surface area (Å²) >= 11 is 6.21. The maximum Gasteiger partial charge on any atom is 0.222 e. The smallest absolute Gasteiger partial charge is 0.222 e. The number of likely N-dealkylation sites (tertiary alicyclic amines) is 1. The van der Waals surface area contributed by atoms with Crippen LogP contribution in [0.2, 0.25) is 5.15 Å². The Labute approximate surface area is 128 Å². The minimum atomic E-state index is 0.220. The molecule has 2 aromatic rings. The summed E-state index contributed by atoms with van der Waals surface area (Å²) in [5.41, 5.74) is 1.80. The molecule has 1 aliphatic rings. The standard InChI is InChI=1S/C15H19ClN4O/c1-11(10-19-7-4-6-14(19)21)17-9-12-15(16)18-13-5-2-3-8-20(12)13/h2-3,5,8,11,17H,4,6-7,9-10H2,1H3/t11-/m0/s1. The van der Waals surface area contributed by atoms with Crippen LogP contribution in [0.5, 0.6) is 0 Å². The van der Waals surface area contributed by atoms with Gasteiger partial charge in [-0.05, 0) is 25.5 Å². The summed E-state index contributed by atoms with van der Waals surface area (Å²) in [5, 5.41) is 3.95. The van der Waals surface area contributed by atoms with Crippen LogP contribution in [0, 0.1) is 0 Å². The van der Waals surface area contributed by atoms with Gasteiger partial charge in [-0.15, -0.1) is 0 Å². The zero-order chi connectivity index (χ0) is 14.8. The first-order chi connectivity index (χ1) is 10.1. The summed E-state index contributed by atoms with van der Waals surface area (Å²) in [6.07, 6.45) is 3.62. The van der Waals surface area contributed by atoms with E-state index in [9.17, 15) is 4.79 Å². The predicted octanol–water partition coefficient (Wildman–Crippen LogP) is 2.09. The van der Waals surface area contributed by atoms with E-state index >= 15 is 0 Å². The Morgan fingerprint density at radius 1 is 1.48 bits per heavy atom. The number of hydrogen-bond acceptors (Lipinski definition) is 3. The summed E-state index contributed by atoms with van der Waals surface area (Å²) in [7, 11) is 0. The highest BCUT2D eigenvalue weighted by Gasteiger charge is 2.21. The maximum absolute atomic E-state index is 11.6. The summed E-state index contributed by atoms with van der Waals surface area (Å²) in [5.74, 6) is 0.261. The first kappa shape index (κ1) is 14.4. The van der Waals surface area contributed by atoms with E-state index in [2.05, 4.69) is 17.2 Å². The third-order valence-electron chi connectivity index (χ3n) is 3.86. The van der Waals surface area contributed by atoms with E-state index < -0.39 is 0 Å². The number of carbonyl (C=O) groups is 1. The van der Waals surface area contributed by atoms with E-state index in [1.165, 1.54) is 0 Å². The molecule has 1 atom stereocenters. The maximum atomic E-state index is 11.6. The number of hydrogen-bond donors (Lipinski definition) is 1. The van der Waals surface area contributed by atoms with Gasteiger partial charge in [-0.25, -0.2) is 4.98 Å². The van der Waals surface area contributed by atoms with Crippen molar-refractivity contribution in [3.8, 4) is 0 Å². The van der Waals surface area contributed by atoms with E-state index in [1.54, 1.807) is 0 Å². The molecule has 0 spiro atoms. The van der Waals surface area contributed by atoms with Crippen molar-refractivity contribution in [2.45, 2.75) is 32.4 Å². The van der Waals surface area contributed by atoms with Crippen molar-refractivity contribution in [3.63, 3.8) is 0 Å². The number of nitrogens with one attached hydrogen (secondary N) is 1. The molecule has 5 nitrogen and oxygen atoms in total. The van der Waals surface area contributed by atoms with Crippen LogP contribution < -0.4 is 5.32 Å². The van der Waals surface area contributed by atoms with Gasteiger partial charge in [-0.2, -0.15) is 0 Å². The van der Waals surface area contributed by atoms with E-state index in [0.717, 1.165) is 30.9 Å². The topological polar surface area (TPSA) is 49.6 Å². The molecule has 1 aliphatic heterocycles. The van der Waals surface area contributed by atoms with Crippen LogP contribution in [0.1, 0.15) is 25.5 Å². The summed E-state index contributed by atoms with van der Waals surface area (Å²) in [6, 6.07) is 6.05. The fourth-order valence-electron chi connectivity index (χ4n) is 2.74. The van der Waals surface area contributed by atoms with Gasteiger partial charge in [0.25, 0.3) is 0 Å². The molecular weight excluding hydrogens is 288 g/mol. The summed E-state index contributed by atoms with van der Waals surface area (Å²) in [4.78, 5) is 17.9. The highest BCUT2D eigenvalue weighted by Crippen LogP contribution is 2.17. The fraction of sp³-hybridized carbons (Fsp3) is 0.467. The van der Waals surface area contributed by atoms with Crippen molar-refractivity contribution < 1.29 is 4.79 Å². The average molecular weight is 307 g/mol.